The Morgan fingerprint density at radius 3 is 3.11 bits per heavy atom. The molecule has 6 heteroatoms. The summed E-state index contributed by atoms with van der Waals surface area (Å²) in [6.45, 7) is 4.27. The number of nitrogens with zero attached hydrogens (tertiary/aromatic N) is 3. The lowest BCUT2D eigenvalue weighted by Gasteiger charge is -2.31. The molecule has 0 aromatic carbocycles. The number of hydrogen-bond acceptors (Lipinski definition) is 2. The molecule has 1 aromatic rings. The lowest BCUT2D eigenvalue weighted by atomic mass is 10.0. The van der Waals surface area contributed by atoms with Crippen molar-refractivity contribution in [1.29, 1.82) is 0 Å². The molecule has 1 atom stereocenters. The molecule has 0 bridgehead atoms. The van der Waals surface area contributed by atoms with Gasteiger partial charge in [0.15, 0.2) is 5.96 Å². The molecule has 0 aliphatic carbocycles. The Balaban J connectivity index is 0.00000180. The average molecular weight is 378 g/mol. The molecule has 2 heterocycles. The summed E-state index contributed by atoms with van der Waals surface area (Å²) in [7, 11) is 0. The number of nitrogens with two attached hydrogens (primary N) is 1. The molecule has 1 aromatic heterocycles. The standard InChI is InChI=1S/C13H19FN4.HI/c1-10-4-3-7-18(9-10)13(15)17-8-12-11(14)5-2-6-16-12;/h2,5-6,10H,3-4,7-9H2,1H3,(H2,15,17);1H. The molecule has 2 N–H and O–H groups in total. The van der Waals surface area contributed by atoms with E-state index < -0.39 is 0 Å². The van der Waals surface area contributed by atoms with Crippen molar-refractivity contribution in [2.75, 3.05) is 13.1 Å². The summed E-state index contributed by atoms with van der Waals surface area (Å²) < 4.78 is 13.4. The normalized spacial score (nSPS) is 20.0. The van der Waals surface area contributed by atoms with E-state index in [0.29, 0.717) is 17.6 Å². The van der Waals surface area contributed by atoms with E-state index in [2.05, 4.69) is 21.8 Å². The molecule has 0 spiro atoms. The van der Waals surface area contributed by atoms with Crippen LogP contribution in [0.25, 0.3) is 0 Å². The maximum Gasteiger partial charge on any atom is 0.191 e. The van der Waals surface area contributed by atoms with E-state index in [-0.39, 0.29) is 36.3 Å². The van der Waals surface area contributed by atoms with Gasteiger partial charge in [-0.15, -0.1) is 24.0 Å². The second-order valence-corrected chi connectivity index (χ2v) is 4.80. The highest BCUT2D eigenvalue weighted by atomic mass is 127. The summed E-state index contributed by atoms with van der Waals surface area (Å²) in [6, 6.07) is 2.95. The van der Waals surface area contributed by atoms with E-state index in [1.165, 1.54) is 12.5 Å². The number of aromatic nitrogens is 1. The van der Waals surface area contributed by atoms with E-state index >= 15 is 0 Å². The highest BCUT2D eigenvalue weighted by molar-refractivity contribution is 14.0. The lowest BCUT2D eigenvalue weighted by Crippen LogP contribution is -2.43. The van der Waals surface area contributed by atoms with Crippen LogP contribution in [0.15, 0.2) is 23.3 Å². The van der Waals surface area contributed by atoms with Crippen molar-refractivity contribution < 1.29 is 4.39 Å². The van der Waals surface area contributed by atoms with Crippen LogP contribution in [0.5, 0.6) is 0 Å². The minimum Gasteiger partial charge on any atom is -0.370 e. The van der Waals surface area contributed by atoms with Crippen LogP contribution in [0.2, 0.25) is 0 Å². The molecular weight excluding hydrogens is 358 g/mol. The minimum absolute atomic E-state index is 0. The van der Waals surface area contributed by atoms with Gasteiger partial charge in [0.2, 0.25) is 0 Å². The van der Waals surface area contributed by atoms with Gasteiger partial charge in [0.1, 0.15) is 5.82 Å². The summed E-state index contributed by atoms with van der Waals surface area (Å²) in [5.41, 5.74) is 6.27. The average Bonchev–Trinajstić information content (AvgIpc) is 2.37. The summed E-state index contributed by atoms with van der Waals surface area (Å²) in [5.74, 6) is 0.798. The van der Waals surface area contributed by atoms with E-state index in [1.807, 2.05) is 0 Å². The van der Waals surface area contributed by atoms with Crippen LogP contribution in [-0.4, -0.2) is 28.9 Å². The maximum absolute atomic E-state index is 13.4. The van der Waals surface area contributed by atoms with Gasteiger partial charge in [-0.05, 0) is 30.9 Å². The van der Waals surface area contributed by atoms with Gasteiger partial charge in [-0.1, -0.05) is 6.92 Å². The first-order valence-electron chi connectivity index (χ1n) is 6.31. The molecule has 106 valence electrons. The Labute approximate surface area is 130 Å². The molecule has 1 fully saturated rings. The molecule has 1 aliphatic rings. The quantitative estimate of drug-likeness (QED) is 0.489. The Bertz CT molecular complexity index is 438. The van der Waals surface area contributed by atoms with Crippen LogP contribution in [0.1, 0.15) is 25.5 Å². The number of guanidine groups is 1. The first kappa shape index (κ1) is 16.1. The Morgan fingerprint density at radius 2 is 2.42 bits per heavy atom. The fraction of sp³-hybridized carbons (Fsp3) is 0.538. The second-order valence-electron chi connectivity index (χ2n) is 4.80. The summed E-state index contributed by atoms with van der Waals surface area (Å²) in [4.78, 5) is 10.2. The molecule has 1 aliphatic heterocycles. The van der Waals surface area contributed by atoms with Crippen molar-refractivity contribution in [2.45, 2.75) is 26.3 Å². The monoisotopic (exact) mass is 378 g/mol. The topological polar surface area (TPSA) is 54.5 Å². The number of aliphatic imine (C=N–C) groups is 1. The van der Waals surface area contributed by atoms with Crippen molar-refractivity contribution in [2.24, 2.45) is 16.6 Å². The fourth-order valence-corrected chi connectivity index (χ4v) is 2.19. The van der Waals surface area contributed by atoms with Crippen LogP contribution in [0.3, 0.4) is 0 Å². The molecule has 1 unspecified atom stereocenters. The smallest absolute Gasteiger partial charge is 0.191 e. The van der Waals surface area contributed by atoms with E-state index in [1.54, 1.807) is 12.3 Å². The molecule has 0 radical (unpaired) electrons. The highest BCUT2D eigenvalue weighted by Crippen LogP contribution is 2.15. The van der Waals surface area contributed by atoms with E-state index in [4.69, 9.17) is 5.73 Å². The Kier molecular flexibility index (Phi) is 6.47. The first-order chi connectivity index (χ1) is 8.66. The van der Waals surface area contributed by atoms with E-state index in [9.17, 15) is 4.39 Å². The van der Waals surface area contributed by atoms with Gasteiger partial charge in [-0.2, -0.15) is 0 Å². The number of hydrogen-bond donors (Lipinski definition) is 1. The summed E-state index contributed by atoms with van der Waals surface area (Å²) >= 11 is 0. The zero-order valence-electron chi connectivity index (χ0n) is 11.1. The van der Waals surface area contributed by atoms with Gasteiger partial charge in [0.05, 0.1) is 12.2 Å². The predicted molar refractivity (Wildman–Crippen MR) is 84.9 cm³/mol. The Hall–Kier alpha value is -0.920. The molecule has 2 rings (SSSR count). The molecule has 19 heavy (non-hydrogen) atoms. The third kappa shape index (κ3) is 4.59. The first-order valence-corrected chi connectivity index (χ1v) is 6.31. The largest absolute Gasteiger partial charge is 0.370 e. The minimum atomic E-state index is -0.332. The van der Waals surface area contributed by atoms with Crippen LogP contribution < -0.4 is 5.73 Å². The van der Waals surface area contributed by atoms with E-state index in [0.717, 1.165) is 19.5 Å². The summed E-state index contributed by atoms with van der Waals surface area (Å²) in [6.07, 6.45) is 3.93. The zero-order valence-corrected chi connectivity index (χ0v) is 13.4. The number of piperidine rings is 1. The molecule has 0 saturated carbocycles. The third-order valence-corrected chi connectivity index (χ3v) is 3.21. The number of pyridine rings is 1. The van der Waals surface area contributed by atoms with Crippen molar-refractivity contribution in [1.82, 2.24) is 9.88 Å². The van der Waals surface area contributed by atoms with Gasteiger partial charge in [0, 0.05) is 19.3 Å². The van der Waals surface area contributed by atoms with Gasteiger partial charge in [0.25, 0.3) is 0 Å². The number of likely N-dealkylation sites (tertiary alicyclic amines) is 1. The molecule has 0 amide bonds. The third-order valence-electron chi connectivity index (χ3n) is 3.21. The predicted octanol–water partition coefficient (Wildman–Crippen LogP) is 2.39. The van der Waals surface area contributed by atoms with Crippen LogP contribution >= 0.6 is 24.0 Å². The van der Waals surface area contributed by atoms with Gasteiger partial charge >= 0.3 is 0 Å². The van der Waals surface area contributed by atoms with Crippen molar-refractivity contribution >= 4 is 29.9 Å². The highest BCUT2D eigenvalue weighted by Gasteiger charge is 2.17. The van der Waals surface area contributed by atoms with Crippen molar-refractivity contribution in [3.05, 3.63) is 29.8 Å². The van der Waals surface area contributed by atoms with Crippen LogP contribution in [-0.2, 0) is 6.54 Å². The van der Waals surface area contributed by atoms with Gasteiger partial charge in [-0.3, -0.25) is 4.98 Å². The molecule has 1 saturated heterocycles. The fourth-order valence-electron chi connectivity index (χ4n) is 2.19. The summed E-state index contributed by atoms with van der Waals surface area (Å²) in [5, 5.41) is 0. The Morgan fingerprint density at radius 1 is 1.63 bits per heavy atom. The SMILES string of the molecule is CC1CCCN(C(N)=NCc2ncccc2F)C1.I. The lowest BCUT2D eigenvalue weighted by molar-refractivity contribution is 0.270. The number of rotatable bonds is 2. The maximum atomic E-state index is 13.4. The number of halogens is 2. The van der Waals surface area contributed by atoms with Gasteiger partial charge in [-0.25, -0.2) is 9.38 Å². The van der Waals surface area contributed by atoms with Gasteiger partial charge < -0.3 is 10.6 Å². The van der Waals surface area contributed by atoms with Crippen LogP contribution in [0, 0.1) is 11.7 Å². The zero-order chi connectivity index (χ0) is 13.0. The molecular formula is C13H20FIN4. The van der Waals surface area contributed by atoms with Crippen molar-refractivity contribution in [3.63, 3.8) is 0 Å². The van der Waals surface area contributed by atoms with Crippen molar-refractivity contribution in [3.8, 4) is 0 Å². The van der Waals surface area contributed by atoms with Crippen LogP contribution in [0.4, 0.5) is 4.39 Å². The molecule has 4 nitrogen and oxygen atoms in total. The second kappa shape index (κ2) is 7.62.